The minimum Gasteiger partial charge on any atom is -0.496 e. The number of methoxy groups -OCH3 is 1. The molecule has 0 aromatic heterocycles. The van der Waals surface area contributed by atoms with Crippen molar-refractivity contribution in [1.29, 1.82) is 0 Å². The van der Waals surface area contributed by atoms with Gasteiger partial charge in [0.15, 0.2) is 0 Å². The molecule has 0 radical (unpaired) electrons. The number of hydrogen-bond donors (Lipinski definition) is 2. The molecule has 5 nitrogen and oxygen atoms in total. The fourth-order valence-corrected chi connectivity index (χ4v) is 2.64. The van der Waals surface area contributed by atoms with Crippen LogP contribution in [0.2, 0.25) is 0 Å². The molecule has 1 amide bonds. The summed E-state index contributed by atoms with van der Waals surface area (Å²) in [6.07, 6.45) is 1.64. The van der Waals surface area contributed by atoms with Gasteiger partial charge in [0.1, 0.15) is 5.75 Å². The SMILES string of the molecule is COc1ccc(NC(=O)[C@@H]2CC[C@H](C(=O)O)C2)cc1C. The Morgan fingerprint density at radius 1 is 1.30 bits per heavy atom. The van der Waals surface area contributed by atoms with Crippen molar-refractivity contribution in [1.82, 2.24) is 0 Å². The maximum atomic E-state index is 12.1. The number of rotatable bonds is 4. The number of amides is 1. The van der Waals surface area contributed by atoms with Gasteiger partial charge in [-0.1, -0.05) is 0 Å². The average molecular weight is 277 g/mol. The van der Waals surface area contributed by atoms with Crippen molar-refractivity contribution < 1.29 is 19.4 Å². The van der Waals surface area contributed by atoms with Gasteiger partial charge < -0.3 is 15.2 Å². The molecule has 1 saturated carbocycles. The summed E-state index contributed by atoms with van der Waals surface area (Å²) < 4.78 is 5.17. The van der Waals surface area contributed by atoms with Gasteiger partial charge in [0.05, 0.1) is 13.0 Å². The van der Waals surface area contributed by atoms with Crippen LogP contribution in [-0.4, -0.2) is 24.1 Å². The van der Waals surface area contributed by atoms with Crippen molar-refractivity contribution in [2.75, 3.05) is 12.4 Å². The van der Waals surface area contributed by atoms with Crippen LogP contribution in [0.15, 0.2) is 18.2 Å². The van der Waals surface area contributed by atoms with Crippen LogP contribution in [0.4, 0.5) is 5.69 Å². The molecular formula is C15H19NO4. The molecule has 1 aromatic rings. The van der Waals surface area contributed by atoms with E-state index in [-0.39, 0.29) is 17.7 Å². The monoisotopic (exact) mass is 277 g/mol. The zero-order valence-electron chi connectivity index (χ0n) is 11.7. The van der Waals surface area contributed by atoms with Crippen LogP contribution in [0.3, 0.4) is 0 Å². The number of nitrogens with one attached hydrogen (secondary N) is 1. The number of carbonyl (C=O) groups excluding carboxylic acids is 1. The predicted octanol–water partition coefficient (Wildman–Crippen LogP) is 2.44. The first-order valence-corrected chi connectivity index (χ1v) is 6.69. The molecule has 0 saturated heterocycles. The summed E-state index contributed by atoms with van der Waals surface area (Å²) in [4.78, 5) is 23.0. The van der Waals surface area contributed by atoms with E-state index < -0.39 is 5.97 Å². The number of ether oxygens (including phenoxy) is 1. The van der Waals surface area contributed by atoms with Gasteiger partial charge in [-0.15, -0.1) is 0 Å². The number of carboxylic acid groups (broad SMARTS) is 1. The van der Waals surface area contributed by atoms with E-state index in [0.29, 0.717) is 24.9 Å². The summed E-state index contributed by atoms with van der Waals surface area (Å²) in [5.74, 6) is -0.726. The first-order chi connectivity index (χ1) is 9.51. The predicted molar refractivity (Wildman–Crippen MR) is 74.8 cm³/mol. The first-order valence-electron chi connectivity index (χ1n) is 6.69. The van der Waals surface area contributed by atoms with Gasteiger partial charge in [-0.2, -0.15) is 0 Å². The smallest absolute Gasteiger partial charge is 0.306 e. The average Bonchev–Trinajstić information content (AvgIpc) is 2.88. The second kappa shape index (κ2) is 5.94. The summed E-state index contributed by atoms with van der Waals surface area (Å²) in [6.45, 7) is 1.91. The van der Waals surface area contributed by atoms with Crippen LogP contribution >= 0.6 is 0 Å². The highest BCUT2D eigenvalue weighted by atomic mass is 16.5. The van der Waals surface area contributed by atoms with Gasteiger partial charge in [0.25, 0.3) is 0 Å². The number of aliphatic carboxylic acids is 1. The van der Waals surface area contributed by atoms with Gasteiger partial charge in [-0.05, 0) is 49.9 Å². The summed E-state index contributed by atoms with van der Waals surface area (Å²) in [5, 5.41) is 11.8. The van der Waals surface area contributed by atoms with Crippen LogP contribution in [0.5, 0.6) is 5.75 Å². The normalized spacial score (nSPS) is 21.5. The van der Waals surface area contributed by atoms with E-state index >= 15 is 0 Å². The van der Waals surface area contributed by atoms with Gasteiger partial charge in [0.2, 0.25) is 5.91 Å². The Kier molecular flexibility index (Phi) is 4.27. The van der Waals surface area contributed by atoms with Crippen LogP contribution in [0.1, 0.15) is 24.8 Å². The highest BCUT2D eigenvalue weighted by Crippen LogP contribution is 2.32. The second-order valence-electron chi connectivity index (χ2n) is 5.22. The van der Waals surface area contributed by atoms with Crippen LogP contribution < -0.4 is 10.1 Å². The number of carbonyl (C=O) groups is 2. The van der Waals surface area contributed by atoms with Crippen molar-refractivity contribution in [3.05, 3.63) is 23.8 Å². The summed E-state index contributed by atoms with van der Waals surface area (Å²) in [7, 11) is 1.60. The molecule has 2 N–H and O–H groups in total. The lowest BCUT2D eigenvalue weighted by atomic mass is 10.0. The Balaban J connectivity index is 1.98. The molecule has 0 aliphatic heterocycles. The minimum absolute atomic E-state index is 0.0988. The number of carboxylic acids is 1. The zero-order chi connectivity index (χ0) is 14.7. The third-order valence-electron chi connectivity index (χ3n) is 3.82. The van der Waals surface area contributed by atoms with E-state index in [1.165, 1.54) is 0 Å². The van der Waals surface area contributed by atoms with Crippen molar-refractivity contribution in [3.63, 3.8) is 0 Å². The Morgan fingerprint density at radius 3 is 2.55 bits per heavy atom. The topological polar surface area (TPSA) is 75.6 Å². The fourth-order valence-electron chi connectivity index (χ4n) is 2.64. The third-order valence-corrected chi connectivity index (χ3v) is 3.82. The van der Waals surface area contributed by atoms with Crippen LogP contribution in [0, 0.1) is 18.8 Å². The van der Waals surface area contributed by atoms with E-state index in [1.807, 2.05) is 13.0 Å². The second-order valence-corrected chi connectivity index (χ2v) is 5.22. The molecular weight excluding hydrogens is 258 g/mol. The molecule has 0 spiro atoms. The molecule has 1 aliphatic carbocycles. The number of hydrogen-bond acceptors (Lipinski definition) is 3. The molecule has 1 fully saturated rings. The van der Waals surface area contributed by atoms with Crippen LogP contribution in [-0.2, 0) is 9.59 Å². The summed E-state index contributed by atoms with van der Waals surface area (Å²) >= 11 is 0. The molecule has 20 heavy (non-hydrogen) atoms. The van der Waals surface area contributed by atoms with Crippen molar-refractivity contribution >= 4 is 17.6 Å². The Morgan fingerprint density at radius 2 is 2.00 bits per heavy atom. The highest BCUT2D eigenvalue weighted by molar-refractivity contribution is 5.93. The summed E-state index contributed by atoms with van der Waals surface area (Å²) in [5.41, 5.74) is 1.66. The molecule has 0 bridgehead atoms. The standard InChI is InChI=1S/C15H19NO4/c1-9-7-12(5-6-13(9)20-2)16-14(17)10-3-4-11(8-10)15(18)19/h5-7,10-11H,3-4,8H2,1-2H3,(H,16,17)(H,18,19)/t10-,11+/m1/s1. The molecule has 0 heterocycles. The van der Waals surface area contributed by atoms with Gasteiger partial charge in [0, 0.05) is 11.6 Å². The first kappa shape index (κ1) is 14.4. The molecule has 5 heteroatoms. The Hall–Kier alpha value is -2.04. The molecule has 2 rings (SSSR count). The summed E-state index contributed by atoms with van der Waals surface area (Å²) in [6, 6.07) is 5.44. The van der Waals surface area contributed by atoms with Gasteiger partial charge in [-0.3, -0.25) is 9.59 Å². The van der Waals surface area contributed by atoms with Crippen molar-refractivity contribution in [3.8, 4) is 5.75 Å². The number of anilines is 1. The maximum Gasteiger partial charge on any atom is 0.306 e. The maximum absolute atomic E-state index is 12.1. The van der Waals surface area contributed by atoms with E-state index in [0.717, 1.165) is 11.3 Å². The van der Waals surface area contributed by atoms with Gasteiger partial charge >= 0.3 is 5.97 Å². The Labute approximate surface area is 117 Å². The largest absolute Gasteiger partial charge is 0.496 e. The van der Waals surface area contributed by atoms with Crippen molar-refractivity contribution in [2.24, 2.45) is 11.8 Å². The molecule has 1 aliphatic rings. The Bertz CT molecular complexity index is 527. The van der Waals surface area contributed by atoms with E-state index in [9.17, 15) is 9.59 Å². The molecule has 108 valence electrons. The van der Waals surface area contributed by atoms with E-state index in [4.69, 9.17) is 9.84 Å². The quantitative estimate of drug-likeness (QED) is 0.886. The lowest BCUT2D eigenvalue weighted by molar-refractivity contribution is -0.141. The van der Waals surface area contributed by atoms with Crippen molar-refractivity contribution in [2.45, 2.75) is 26.2 Å². The number of aryl methyl sites for hydroxylation is 1. The van der Waals surface area contributed by atoms with Crippen LogP contribution in [0.25, 0.3) is 0 Å². The van der Waals surface area contributed by atoms with E-state index in [1.54, 1.807) is 19.2 Å². The zero-order valence-corrected chi connectivity index (χ0v) is 11.7. The van der Waals surface area contributed by atoms with E-state index in [2.05, 4.69) is 5.32 Å². The lowest BCUT2D eigenvalue weighted by Gasteiger charge is -2.12. The third kappa shape index (κ3) is 3.10. The molecule has 1 aromatic carbocycles. The minimum atomic E-state index is -0.805. The fraction of sp³-hybridized carbons (Fsp3) is 0.467. The van der Waals surface area contributed by atoms with Gasteiger partial charge in [-0.25, -0.2) is 0 Å². The molecule has 2 atom stereocenters. The highest BCUT2D eigenvalue weighted by Gasteiger charge is 2.33. The lowest BCUT2D eigenvalue weighted by Crippen LogP contribution is -2.21. The number of benzene rings is 1. The molecule has 0 unspecified atom stereocenters.